The maximum atomic E-state index is 11.0. The lowest BCUT2D eigenvalue weighted by atomic mass is 10.2. The Bertz CT molecular complexity index is 703. The SMILES string of the molecule is COc1cccc2cc(/C(C)=N\NC(=O)C(N)=O)oc12. The number of primary amides is 1. The Labute approximate surface area is 114 Å². The number of furan rings is 1. The molecule has 1 heterocycles. The Kier molecular flexibility index (Phi) is 3.69. The zero-order valence-corrected chi connectivity index (χ0v) is 11.0. The maximum Gasteiger partial charge on any atom is 0.329 e. The van der Waals surface area contributed by atoms with Gasteiger partial charge in [0.2, 0.25) is 0 Å². The number of benzene rings is 1. The molecule has 0 unspecified atom stereocenters. The average Bonchev–Trinajstić information content (AvgIpc) is 2.87. The number of nitrogens with zero attached hydrogens (tertiary/aromatic N) is 1. The molecule has 1 aromatic heterocycles. The van der Waals surface area contributed by atoms with E-state index < -0.39 is 11.8 Å². The molecule has 7 heteroatoms. The summed E-state index contributed by atoms with van der Waals surface area (Å²) in [5.74, 6) is -1.04. The van der Waals surface area contributed by atoms with Crippen molar-refractivity contribution in [1.29, 1.82) is 0 Å². The summed E-state index contributed by atoms with van der Waals surface area (Å²) in [5.41, 5.74) is 7.82. The van der Waals surface area contributed by atoms with Gasteiger partial charge in [0, 0.05) is 5.39 Å². The van der Waals surface area contributed by atoms with Crippen LogP contribution in [-0.2, 0) is 9.59 Å². The molecule has 2 aromatic rings. The molecule has 1 aromatic carbocycles. The van der Waals surface area contributed by atoms with Gasteiger partial charge in [-0.1, -0.05) is 12.1 Å². The van der Waals surface area contributed by atoms with Crippen molar-refractivity contribution in [3.8, 4) is 5.75 Å². The molecule has 3 N–H and O–H groups in total. The summed E-state index contributed by atoms with van der Waals surface area (Å²) < 4.78 is 10.8. The third-order valence-electron chi connectivity index (χ3n) is 2.63. The second-order valence-corrected chi connectivity index (χ2v) is 3.99. The summed E-state index contributed by atoms with van der Waals surface area (Å²) in [7, 11) is 1.55. The largest absolute Gasteiger partial charge is 0.493 e. The standard InChI is InChI=1S/C13H13N3O4/c1-7(15-16-13(18)12(14)17)10-6-8-4-3-5-9(19-2)11(8)20-10/h3-6H,1-2H3,(H2,14,17)(H,16,18)/b15-7-. The predicted molar refractivity (Wildman–Crippen MR) is 72.3 cm³/mol. The van der Waals surface area contributed by atoms with Crippen LogP contribution in [0.3, 0.4) is 0 Å². The van der Waals surface area contributed by atoms with Crippen molar-refractivity contribution in [3.05, 3.63) is 30.0 Å². The Morgan fingerprint density at radius 3 is 2.80 bits per heavy atom. The van der Waals surface area contributed by atoms with Crippen LogP contribution in [0.4, 0.5) is 0 Å². The molecule has 2 amide bonds. The first-order valence-corrected chi connectivity index (χ1v) is 5.74. The van der Waals surface area contributed by atoms with Gasteiger partial charge < -0.3 is 14.9 Å². The number of ether oxygens (including phenoxy) is 1. The summed E-state index contributed by atoms with van der Waals surface area (Å²) in [6.45, 7) is 1.63. The first kappa shape index (κ1) is 13.6. The van der Waals surface area contributed by atoms with Gasteiger partial charge >= 0.3 is 11.8 Å². The minimum atomic E-state index is -1.10. The molecule has 0 aliphatic heterocycles. The lowest BCUT2D eigenvalue weighted by molar-refractivity contribution is -0.137. The van der Waals surface area contributed by atoms with Crippen molar-refractivity contribution >= 4 is 28.5 Å². The molecule has 0 bridgehead atoms. The van der Waals surface area contributed by atoms with Crippen LogP contribution < -0.4 is 15.9 Å². The van der Waals surface area contributed by atoms with Crippen molar-refractivity contribution in [1.82, 2.24) is 5.43 Å². The van der Waals surface area contributed by atoms with E-state index >= 15 is 0 Å². The minimum absolute atomic E-state index is 0.401. The molecule has 0 fully saturated rings. The number of hydrogen-bond acceptors (Lipinski definition) is 5. The van der Waals surface area contributed by atoms with Gasteiger partial charge in [0.25, 0.3) is 0 Å². The number of hydrazone groups is 1. The van der Waals surface area contributed by atoms with Crippen molar-refractivity contribution in [2.24, 2.45) is 10.8 Å². The van der Waals surface area contributed by atoms with Gasteiger partial charge in [0.15, 0.2) is 17.1 Å². The Morgan fingerprint density at radius 2 is 2.15 bits per heavy atom. The average molecular weight is 275 g/mol. The Hall–Kier alpha value is -2.83. The zero-order valence-electron chi connectivity index (χ0n) is 11.0. The maximum absolute atomic E-state index is 11.0. The number of fused-ring (bicyclic) bond motifs is 1. The van der Waals surface area contributed by atoms with Gasteiger partial charge in [-0.2, -0.15) is 5.10 Å². The number of carbonyl (C=O) groups excluding carboxylic acids is 2. The third kappa shape index (κ3) is 2.61. The highest BCUT2D eigenvalue weighted by Crippen LogP contribution is 2.28. The third-order valence-corrected chi connectivity index (χ3v) is 2.63. The monoisotopic (exact) mass is 275 g/mol. The molecule has 0 aliphatic carbocycles. The lowest BCUT2D eigenvalue weighted by Crippen LogP contribution is -2.33. The van der Waals surface area contributed by atoms with Gasteiger partial charge in [0.1, 0.15) is 5.71 Å². The highest BCUT2D eigenvalue weighted by Gasteiger charge is 2.12. The molecule has 104 valence electrons. The smallest absolute Gasteiger partial charge is 0.329 e. The van der Waals surface area contributed by atoms with Crippen LogP contribution in [-0.4, -0.2) is 24.6 Å². The van der Waals surface area contributed by atoms with E-state index in [-0.39, 0.29) is 0 Å². The molecule has 0 atom stereocenters. The minimum Gasteiger partial charge on any atom is -0.493 e. The van der Waals surface area contributed by atoms with E-state index in [1.807, 2.05) is 17.6 Å². The van der Waals surface area contributed by atoms with Crippen molar-refractivity contribution in [2.75, 3.05) is 7.11 Å². The number of carbonyl (C=O) groups is 2. The number of nitrogens with two attached hydrogens (primary N) is 1. The molecule has 2 rings (SSSR count). The second-order valence-electron chi connectivity index (χ2n) is 3.99. The Morgan fingerprint density at radius 1 is 1.40 bits per heavy atom. The van der Waals surface area contributed by atoms with Gasteiger partial charge in [-0.25, -0.2) is 5.43 Å². The molecule has 7 nitrogen and oxygen atoms in total. The van der Waals surface area contributed by atoms with E-state index in [9.17, 15) is 9.59 Å². The summed E-state index contributed by atoms with van der Waals surface area (Å²) in [6, 6.07) is 7.23. The van der Waals surface area contributed by atoms with E-state index in [0.717, 1.165) is 5.39 Å². The van der Waals surface area contributed by atoms with Crippen LogP contribution >= 0.6 is 0 Å². The van der Waals surface area contributed by atoms with E-state index in [0.29, 0.717) is 22.8 Å². The quantitative estimate of drug-likeness (QED) is 0.490. The first-order valence-electron chi connectivity index (χ1n) is 5.74. The summed E-state index contributed by atoms with van der Waals surface area (Å²) in [6.07, 6.45) is 0. The Balaban J connectivity index is 2.31. The molecule has 20 heavy (non-hydrogen) atoms. The summed E-state index contributed by atoms with van der Waals surface area (Å²) in [4.78, 5) is 21.6. The van der Waals surface area contributed by atoms with E-state index in [1.54, 1.807) is 26.2 Å². The number of rotatable bonds is 3. The predicted octanol–water partition coefficient (Wildman–Crippen LogP) is 0.767. The highest BCUT2D eigenvalue weighted by atomic mass is 16.5. The fraction of sp³-hybridized carbons (Fsp3) is 0.154. The highest BCUT2D eigenvalue weighted by molar-refractivity contribution is 6.34. The fourth-order valence-electron chi connectivity index (χ4n) is 1.62. The number of amides is 2. The zero-order chi connectivity index (χ0) is 14.7. The topological polar surface area (TPSA) is 107 Å². The van der Waals surface area contributed by atoms with E-state index in [4.69, 9.17) is 14.9 Å². The number of methoxy groups -OCH3 is 1. The van der Waals surface area contributed by atoms with E-state index in [1.165, 1.54) is 0 Å². The van der Waals surface area contributed by atoms with Gasteiger partial charge in [-0.15, -0.1) is 0 Å². The second kappa shape index (κ2) is 5.43. The van der Waals surface area contributed by atoms with Crippen LogP contribution in [0.5, 0.6) is 5.75 Å². The number of nitrogens with one attached hydrogen (secondary N) is 1. The summed E-state index contributed by atoms with van der Waals surface area (Å²) >= 11 is 0. The van der Waals surface area contributed by atoms with E-state index in [2.05, 4.69) is 5.10 Å². The number of para-hydroxylation sites is 1. The van der Waals surface area contributed by atoms with Gasteiger partial charge in [-0.05, 0) is 19.1 Å². The molecule has 0 saturated heterocycles. The van der Waals surface area contributed by atoms with Crippen LogP contribution in [0, 0.1) is 0 Å². The fourth-order valence-corrected chi connectivity index (χ4v) is 1.62. The molecule has 0 radical (unpaired) electrons. The molecular weight excluding hydrogens is 262 g/mol. The van der Waals surface area contributed by atoms with Gasteiger partial charge in [-0.3, -0.25) is 9.59 Å². The van der Waals surface area contributed by atoms with Crippen molar-refractivity contribution in [3.63, 3.8) is 0 Å². The van der Waals surface area contributed by atoms with Crippen LogP contribution in [0.25, 0.3) is 11.0 Å². The van der Waals surface area contributed by atoms with Crippen molar-refractivity contribution in [2.45, 2.75) is 6.92 Å². The van der Waals surface area contributed by atoms with Crippen molar-refractivity contribution < 1.29 is 18.7 Å². The van der Waals surface area contributed by atoms with Crippen LogP contribution in [0.2, 0.25) is 0 Å². The van der Waals surface area contributed by atoms with Gasteiger partial charge in [0.05, 0.1) is 7.11 Å². The molecular formula is C13H13N3O4. The molecule has 0 aliphatic rings. The molecule has 0 spiro atoms. The van der Waals surface area contributed by atoms with Crippen LogP contribution in [0.15, 0.2) is 33.8 Å². The summed E-state index contributed by atoms with van der Waals surface area (Å²) in [5, 5.41) is 4.59. The molecule has 0 saturated carbocycles. The first-order chi connectivity index (χ1) is 9.52. The lowest BCUT2D eigenvalue weighted by Gasteiger charge is -1.99. The normalized spacial score (nSPS) is 11.4. The van der Waals surface area contributed by atoms with Crippen LogP contribution in [0.1, 0.15) is 12.7 Å². The number of hydrogen-bond donors (Lipinski definition) is 2.